The third-order valence-electron chi connectivity index (χ3n) is 4.19. The Bertz CT molecular complexity index is 293. The monoisotopic (exact) mass is 316 g/mol. The molecule has 4 N–H and O–H groups in total. The molecule has 0 unspecified atom stereocenters. The van der Waals surface area contributed by atoms with Crippen molar-refractivity contribution in [1.82, 2.24) is 10.6 Å². The van der Waals surface area contributed by atoms with Crippen molar-refractivity contribution in [2.24, 2.45) is 0 Å². The molecule has 0 spiro atoms. The van der Waals surface area contributed by atoms with Crippen LogP contribution in [0.3, 0.4) is 0 Å². The third-order valence-corrected chi connectivity index (χ3v) is 4.19. The summed E-state index contributed by atoms with van der Waals surface area (Å²) in [6.07, 6.45) is 6.28. The Labute approximate surface area is 129 Å². The van der Waals surface area contributed by atoms with E-state index in [9.17, 15) is 0 Å². The minimum atomic E-state index is -1.82. The number of hydrogen-bond acceptors (Lipinski definition) is 6. The van der Waals surface area contributed by atoms with E-state index in [0.717, 1.165) is 26.3 Å². The van der Waals surface area contributed by atoms with Crippen LogP contribution in [0.5, 0.6) is 0 Å². The molecule has 0 aromatic heterocycles. The van der Waals surface area contributed by atoms with Crippen LogP contribution in [-0.4, -0.2) is 72.7 Å². The van der Waals surface area contributed by atoms with Crippen LogP contribution in [0.1, 0.15) is 25.7 Å². The van der Waals surface area contributed by atoms with Gasteiger partial charge in [0.15, 0.2) is 0 Å². The predicted molar refractivity (Wildman–Crippen MR) is 76.8 cm³/mol. The first-order valence-corrected chi connectivity index (χ1v) is 7.70. The molecule has 8 heteroatoms. The quantitative estimate of drug-likeness (QED) is 0.439. The van der Waals surface area contributed by atoms with Gasteiger partial charge in [-0.05, 0) is 25.7 Å². The molecule has 4 atom stereocenters. The first-order chi connectivity index (χ1) is 10.5. The van der Waals surface area contributed by atoms with Crippen LogP contribution < -0.4 is 10.6 Å². The summed E-state index contributed by atoms with van der Waals surface area (Å²) in [4.78, 5) is 18.2. The minimum Gasteiger partial charge on any atom is -0.473 e. The number of carboxylic acid groups (broad SMARTS) is 2. The molecule has 4 bridgehead atoms. The molecule has 6 aliphatic rings. The molecule has 6 fully saturated rings. The van der Waals surface area contributed by atoms with Gasteiger partial charge in [-0.15, -0.1) is 0 Å². The maximum Gasteiger partial charge on any atom is 0.414 e. The van der Waals surface area contributed by atoms with E-state index in [4.69, 9.17) is 29.3 Å². The molecule has 6 aliphatic heterocycles. The van der Waals surface area contributed by atoms with E-state index < -0.39 is 11.9 Å². The minimum absolute atomic E-state index is 0.542. The van der Waals surface area contributed by atoms with E-state index in [1.54, 1.807) is 0 Å². The second-order valence-corrected chi connectivity index (χ2v) is 5.89. The fourth-order valence-electron chi connectivity index (χ4n) is 2.85. The first-order valence-electron chi connectivity index (χ1n) is 7.70. The van der Waals surface area contributed by atoms with E-state index in [0.29, 0.717) is 24.3 Å². The zero-order valence-electron chi connectivity index (χ0n) is 12.5. The van der Waals surface area contributed by atoms with Crippen molar-refractivity contribution < 1.29 is 29.3 Å². The summed E-state index contributed by atoms with van der Waals surface area (Å²) in [5.41, 5.74) is 0. The summed E-state index contributed by atoms with van der Waals surface area (Å²) >= 11 is 0. The number of fused-ring (bicyclic) bond motifs is 6. The molecule has 8 nitrogen and oxygen atoms in total. The SMILES string of the molecule is C1C[C@@H]2CN[C@H]1CO2.C1C[C@H]2CN[C@@H]1CO2.O=C(O)C(=O)O. The van der Waals surface area contributed by atoms with Gasteiger partial charge in [-0.3, -0.25) is 0 Å². The van der Waals surface area contributed by atoms with E-state index >= 15 is 0 Å². The highest BCUT2D eigenvalue weighted by Crippen LogP contribution is 2.18. The number of rotatable bonds is 0. The molecule has 6 rings (SSSR count). The molecule has 0 saturated carbocycles. The van der Waals surface area contributed by atoms with Gasteiger partial charge in [0, 0.05) is 25.2 Å². The van der Waals surface area contributed by atoms with Crippen LogP contribution in [0.4, 0.5) is 0 Å². The summed E-state index contributed by atoms with van der Waals surface area (Å²) in [5.74, 6) is -3.65. The number of ether oxygens (including phenoxy) is 2. The van der Waals surface area contributed by atoms with Crippen LogP contribution in [0, 0.1) is 0 Å². The van der Waals surface area contributed by atoms with Crippen molar-refractivity contribution in [1.29, 1.82) is 0 Å². The zero-order valence-corrected chi connectivity index (χ0v) is 12.5. The molecule has 0 amide bonds. The summed E-state index contributed by atoms with van der Waals surface area (Å²) < 4.78 is 10.8. The van der Waals surface area contributed by atoms with Gasteiger partial charge in [0.25, 0.3) is 0 Å². The summed E-state index contributed by atoms with van der Waals surface area (Å²) in [5, 5.41) is 21.6. The molecule has 6 saturated heterocycles. The Balaban J connectivity index is 0.000000123. The van der Waals surface area contributed by atoms with E-state index in [1.807, 2.05) is 0 Å². The second-order valence-electron chi connectivity index (χ2n) is 5.89. The molecule has 6 heterocycles. The molecular weight excluding hydrogens is 292 g/mol. The average molecular weight is 316 g/mol. The molecule has 0 aromatic carbocycles. The lowest BCUT2D eigenvalue weighted by molar-refractivity contribution is -0.159. The zero-order chi connectivity index (χ0) is 15.9. The average Bonchev–Trinajstić information content (AvgIpc) is 2.59. The molecule has 0 radical (unpaired) electrons. The topological polar surface area (TPSA) is 117 Å². The Morgan fingerprint density at radius 1 is 0.773 bits per heavy atom. The van der Waals surface area contributed by atoms with Crippen LogP contribution in [0.25, 0.3) is 0 Å². The lowest BCUT2D eigenvalue weighted by Crippen LogP contribution is -2.51. The largest absolute Gasteiger partial charge is 0.473 e. The number of carbonyl (C=O) groups is 2. The highest BCUT2D eigenvalue weighted by atomic mass is 16.5. The number of morpholine rings is 2. The first kappa shape index (κ1) is 17.1. The summed E-state index contributed by atoms with van der Waals surface area (Å²) in [6, 6.07) is 1.36. The highest BCUT2D eigenvalue weighted by molar-refractivity contribution is 6.27. The Morgan fingerprint density at radius 3 is 1.23 bits per heavy atom. The van der Waals surface area contributed by atoms with Gasteiger partial charge in [0.2, 0.25) is 0 Å². The third kappa shape index (κ3) is 5.53. The lowest BCUT2D eigenvalue weighted by Gasteiger charge is -2.36. The van der Waals surface area contributed by atoms with E-state index in [1.165, 1.54) is 25.7 Å². The number of hydrogen-bond donors (Lipinski definition) is 4. The molecular formula is C14H24N2O6. The van der Waals surface area contributed by atoms with Crippen molar-refractivity contribution in [3.63, 3.8) is 0 Å². The number of nitrogens with one attached hydrogen (secondary N) is 2. The van der Waals surface area contributed by atoms with Crippen molar-refractivity contribution in [2.75, 3.05) is 26.3 Å². The number of piperidine rings is 2. The molecule has 126 valence electrons. The predicted octanol–water partition coefficient (Wildman–Crippen LogP) is -0.570. The van der Waals surface area contributed by atoms with Gasteiger partial charge < -0.3 is 30.3 Å². The molecule has 22 heavy (non-hydrogen) atoms. The fraction of sp³-hybridized carbons (Fsp3) is 0.857. The Kier molecular flexibility index (Phi) is 6.56. The number of carboxylic acids is 2. The van der Waals surface area contributed by atoms with Crippen LogP contribution in [-0.2, 0) is 19.1 Å². The van der Waals surface area contributed by atoms with Gasteiger partial charge in [0.05, 0.1) is 25.4 Å². The van der Waals surface area contributed by atoms with Gasteiger partial charge in [-0.1, -0.05) is 0 Å². The molecule has 0 aromatic rings. The maximum atomic E-state index is 9.10. The second kappa shape index (κ2) is 8.42. The van der Waals surface area contributed by atoms with Crippen molar-refractivity contribution in [2.45, 2.75) is 50.0 Å². The van der Waals surface area contributed by atoms with E-state index in [-0.39, 0.29) is 0 Å². The van der Waals surface area contributed by atoms with Crippen LogP contribution >= 0.6 is 0 Å². The number of aliphatic carboxylic acids is 2. The maximum absolute atomic E-state index is 9.10. The van der Waals surface area contributed by atoms with Gasteiger partial charge in [-0.2, -0.15) is 0 Å². The van der Waals surface area contributed by atoms with Gasteiger partial charge in [0.1, 0.15) is 0 Å². The van der Waals surface area contributed by atoms with Crippen LogP contribution in [0.2, 0.25) is 0 Å². The van der Waals surface area contributed by atoms with Gasteiger partial charge in [-0.25, -0.2) is 9.59 Å². The fourth-order valence-corrected chi connectivity index (χ4v) is 2.85. The van der Waals surface area contributed by atoms with E-state index in [2.05, 4.69) is 10.6 Å². The van der Waals surface area contributed by atoms with Crippen LogP contribution in [0.15, 0.2) is 0 Å². The van der Waals surface area contributed by atoms with Crippen molar-refractivity contribution in [3.05, 3.63) is 0 Å². The van der Waals surface area contributed by atoms with Crippen molar-refractivity contribution in [3.8, 4) is 0 Å². The van der Waals surface area contributed by atoms with Gasteiger partial charge >= 0.3 is 11.9 Å². The Morgan fingerprint density at radius 2 is 1.18 bits per heavy atom. The smallest absolute Gasteiger partial charge is 0.414 e. The normalized spacial score (nSPS) is 34.7. The van der Waals surface area contributed by atoms with Crippen molar-refractivity contribution >= 4 is 11.9 Å². The summed E-state index contributed by atoms with van der Waals surface area (Å²) in [7, 11) is 0. The standard InChI is InChI=1S/2C6H11NO.C2H2O4/c2*1-2-6-3-7-5(1)4-8-6;3-1(4)2(5)6/h2*5-7H,1-4H2;(H,3,4)(H,5,6)/t2*5-,6-;/m10./s1. The highest BCUT2D eigenvalue weighted by Gasteiger charge is 2.27. The lowest BCUT2D eigenvalue weighted by atomic mass is 10.0. The molecule has 0 aliphatic carbocycles. The summed E-state index contributed by atoms with van der Waals surface area (Å²) in [6.45, 7) is 4.07. The Hall–Kier alpha value is -1.22.